The summed E-state index contributed by atoms with van der Waals surface area (Å²) in [6, 6.07) is 9.28. The first-order valence-corrected chi connectivity index (χ1v) is 8.64. The fourth-order valence-electron chi connectivity index (χ4n) is 2.32. The van der Waals surface area contributed by atoms with Gasteiger partial charge in [-0.3, -0.25) is 4.79 Å². The number of imidazole rings is 1. The van der Waals surface area contributed by atoms with Gasteiger partial charge in [-0.15, -0.1) is 0 Å². The van der Waals surface area contributed by atoms with E-state index < -0.39 is 0 Å². The highest BCUT2D eigenvalue weighted by Gasteiger charge is 2.10. The van der Waals surface area contributed by atoms with Crippen LogP contribution < -0.4 is 5.32 Å². The summed E-state index contributed by atoms with van der Waals surface area (Å²) in [4.78, 5) is 24.1. The molecule has 0 spiro atoms. The molecule has 124 valence electrons. The van der Waals surface area contributed by atoms with Crippen LogP contribution in [0.2, 0.25) is 0 Å². The van der Waals surface area contributed by atoms with E-state index in [0.29, 0.717) is 18.7 Å². The van der Waals surface area contributed by atoms with Gasteiger partial charge < -0.3 is 15.0 Å². The molecule has 1 amide bonds. The Labute approximate surface area is 153 Å². The molecule has 0 fully saturated rings. The summed E-state index contributed by atoms with van der Waals surface area (Å²) in [6.07, 6.45) is 2.55. The van der Waals surface area contributed by atoms with Crippen molar-refractivity contribution in [2.45, 2.75) is 6.42 Å². The number of methoxy groups -OCH3 is 1. The molecular formula is C17H17IN4O2. The smallest absolute Gasteiger partial charge is 0.251 e. The van der Waals surface area contributed by atoms with Crippen LogP contribution >= 0.6 is 22.6 Å². The van der Waals surface area contributed by atoms with Crippen molar-refractivity contribution < 1.29 is 9.53 Å². The molecule has 0 unspecified atom stereocenters. The third-order valence-corrected chi connectivity index (χ3v) is 4.44. The number of rotatable bonds is 6. The van der Waals surface area contributed by atoms with Crippen molar-refractivity contribution in [2.75, 3.05) is 20.3 Å². The number of aromatic amines is 1. The summed E-state index contributed by atoms with van der Waals surface area (Å²) in [5.41, 5.74) is 3.16. The summed E-state index contributed by atoms with van der Waals surface area (Å²) in [7, 11) is 1.65. The minimum Gasteiger partial charge on any atom is -0.385 e. The molecule has 2 heterocycles. The van der Waals surface area contributed by atoms with E-state index >= 15 is 0 Å². The van der Waals surface area contributed by atoms with Gasteiger partial charge in [0.1, 0.15) is 11.3 Å². The van der Waals surface area contributed by atoms with E-state index in [1.54, 1.807) is 25.4 Å². The van der Waals surface area contributed by atoms with Gasteiger partial charge >= 0.3 is 0 Å². The van der Waals surface area contributed by atoms with E-state index in [2.05, 4.69) is 42.9 Å². The Morgan fingerprint density at radius 1 is 1.29 bits per heavy atom. The van der Waals surface area contributed by atoms with Crippen molar-refractivity contribution in [3.8, 4) is 11.4 Å². The first kappa shape index (κ1) is 16.8. The number of hydrogen-bond donors (Lipinski definition) is 2. The van der Waals surface area contributed by atoms with E-state index in [-0.39, 0.29) is 5.91 Å². The zero-order chi connectivity index (χ0) is 16.9. The summed E-state index contributed by atoms with van der Waals surface area (Å²) in [5.74, 6) is 0.659. The van der Waals surface area contributed by atoms with Gasteiger partial charge in [-0.1, -0.05) is 12.1 Å². The summed E-state index contributed by atoms with van der Waals surface area (Å²) in [6.45, 7) is 1.24. The van der Waals surface area contributed by atoms with Crippen LogP contribution in [0.3, 0.4) is 0 Å². The lowest BCUT2D eigenvalue weighted by Crippen LogP contribution is -2.25. The van der Waals surface area contributed by atoms with Crippen molar-refractivity contribution in [3.05, 3.63) is 45.7 Å². The molecule has 3 aromatic rings. The maximum Gasteiger partial charge on any atom is 0.251 e. The maximum absolute atomic E-state index is 12.1. The van der Waals surface area contributed by atoms with Crippen LogP contribution in [-0.4, -0.2) is 41.1 Å². The lowest BCUT2D eigenvalue weighted by Gasteiger charge is -2.05. The van der Waals surface area contributed by atoms with Gasteiger partial charge in [0.05, 0.1) is 0 Å². The largest absolute Gasteiger partial charge is 0.385 e. The van der Waals surface area contributed by atoms with Gasteiger partial charge in [0.15, 0.2) is 5.65 Å². The summed E-state index contributed by atoms with van der Waals surface area (Å²) < 4.78 is 6.01. The Bertz CT molecular complexity index is 845. The number of nitrogens with one attached hydrogen (secondary N) is 2. The quantitative estimate of drug-likeness (QED) is 0.460. The highest BCUT2D eigenvalue weighted by molar-refractivity contribution is 14.1. The van der Waals surface area contributed by atoms with E-state index in [1.807, 2.05) is 18.2 Å². The van der Waals surface area contributed by atoms with E-state index in [0.717, 1.165) is 32.5 Å². The Morgan fingerprint density at radius 3 is 2.79 bits per heavy atom. The highest BCUT2D eigenvalue weighted by atomic mass is 127. The fourth-order valence-corrected chi connectivity index (χ4v) is 2.85. The zero-order valence-electron chi connectivity index (χ0n) is 13.2. The molecule has 0 atom stereocenters. The molecule has 0 aliphatic rings. The molecule has 0 radical (unpaired) electrons. The normalized spacial score (nSPS) is 10.9. The average molecular weight is 436 g/mol. The molecule has 0 bridgehead atoms. The fraction of sp³-hybridized carbons (Fsp3) is 0.235. The number of fused-ring (bicyclic) bond motifs is 1. The summed E-state index contributed by atoms with van der Waals surface area (Å²) in [5, 5.41) is 2.87. The molecule has 0 saturated carbocycles. The number of benzene rings is 1. The average Bonchev–Trinajstić information content (AvgIpc) is 3.04. The minimum atomic E-state index is -0.0847. The van der Waals surface area contributed by atoms with E-state index in [1.165, 1.54) is 0 Å². The second kappa shape index (κ2) is 7.71. The van der Waals surface area contributed by atoms with Crippen molar-refractivity contribution in [3.63, 3.8) is 0 Å². The highest BCUT2D eigenvalue weighted by Crippen LogP contribution is 2.22. The Morgan fingerprint density at radius 2 is 2.08 bits per heavy atom. The van der Waals surface area contributed by atoms with Gasteiger partial charge in [-0.05, 0) is 47.2 Å². The third kappa shape index (κ3) is 3.73. The first-order chi connectivity index (χ1) is 11.7. The predicted molar refractivity (Wildman–Crippen MR) is 101 cm³/mol. The third-order valence-electron chi connectivity index (χ3n) is 3.57. The standard InChI is InChI=1S/C17H17IN4O2/c1-24-10-2-8-20-17(23)12-5-3-11(4-6-12)15-21-14-13(18)7-9-19-16(14)22-15/h3-7,9H,2,8,10H2,1H3,(H,20,23)(H,19,21,22). The number of hydrogen-bond acceptors (Lipinski definition) is 4. The number of halogens is 1. The van der Waals surface area contributed by atoms with Crippen LogP contribution in [0.5, 0.6) is 0 Å². The number of carbonyl (C=O) groups is 1. The molecule has 24 heavy (non-hydrogen) atoms. The molecule has 0 aliphatic heterocycles. The molecule has 3 rings (SSSR count). The van der Waals surface area contributed by atoms with Gasteiger partial charge in [-0.2, -0.15) is 0 Å². The summed E-state index contributed by atoms with van der Waals surface area (Å²) >= 11 is 2.24. The first-order valence-electron chi connectivity index (χ1n) is 7.57. The maximum atomic E-state index is 12.1. The zero-order valence-corrected chi connectivity index (χ0v) is 15.3. The van der Waals surface area contributed by atoms with E-state index in [4.69, 9.17) is 4.74 Å². The van der Waals surface area contributed by atoms with Crippen LogP contribution in [0.1, 0.15) is 16.8 Å². The number of aromatic nitrogens is 3. The van der Waals surface area contributed by atoms with Gasteiger partial charge in [0, 0.05) is 41.2 Å². The molecule has 2 aromatic heterocycles. The molecular weight excluding hydrogens is 419 g/mol. The van der Waals surface area contributed by atoms with Crippen molar-refractivity contribution in [1.82, 2.24) is 20.3 Å². The van der Waals surface area contributed by atoms with Crippen LogP contribution in [0.15, 0.2) is 36.5 Å². The topological polar surface area (TPSA) is 79.9 Å². The van der Waals surface area contributed by atoms with Crippen molar-refractivity contribution in [1.29, 1.82) is 0 Å². The SMILES string of the molecule is COCCCNC(=O)c1ccc(-c2nc3c(I)ccnc3[nH]2)cc1. The number of nitrogens with zero attached hydrogens (tertiary/aromatic N) is 2. The number of ether oxygens (including phenoxy) is 1. The van der Waals surface area contributed by atoms with Crippen LogP contribution in [0.4, 0.5) is 0 Å². The second-order valence-electron chi connectivity index (χ2n) is 5.26. The number of pyridine rings is 1. The lowest BCUT2D eigenvalue weighted by molar-refractivity contribution is 0.0948. The molecule has 1 aromatic carbocycles. The Balaban J connectivity index is 1.73. The molecule has 0 aliphatic carbocycles. The Hall–Kier alpha value is -2.00. The second-order valence-corrected chi connectivity index (χ2v) is 6.42. The predicted octanol–water partition coefficient (Wildman–Crippen LogP) is 3.00. The van der Waals surface area contributed by atoms with Crippen molar-refractivity contribution in [2.24, 2.45) is 0 Å². The van der Waals surface area contributed by atoms with Crippen LogP contribution in [-0.2, 0) is 4.74 Å². The van der Waals surface area contributed by atoms with E-state index in [9.17, 15) is 4.79 Å². The van der Waals surface area contributed by atoms with Gasteiger partial charge in [0.2, 0.25) is 0 Å². The number of H-pyrrole nitrogens is 1. The van der Waals surface area contributed by atoms with Crippen LogP contribution in [0, 0.1) is 3.57 Å². The minimum absolute atomic E-state index is 0.0847. The molecule has 6 nitrogen and oxygen atoms in total. The van der Waals surface area contributed by atoms with Crippen LogP contribution in [0.25, 0.3) is 22.6 Å². The number of carbonyl (C=O) groups excluding carboxylic acids is 1. The lowest BCUT2D eigenvalue weighted by atomic mass is 10.1. The van der Waals surface area contributed by atoms with Crippen molar-refractivity contribution >= 4 is 39.7 Å². The van der Waals surface area contributed by atoms with Gasteiger partial charge in [0.25, 0.3) is 5.91 Å². The monoisotopic (exact) mass is 436 g/mol. The number of amides is 1. The molecule has 7 heteroatoms. The Kier molecular flexibility index (Phi) is 5.41. The van der Waals surface area contributed by atoms with Gasteiger partial charge in [-0.25, -0.2) is 9.97 Å². The molecule has 0 saturated heterocycles. The molecule has 2 N–H and O–H groups in total.